The summed E-state index contributed by atoms with van der Waals surface area (Å²) in [5.41, 5.74) is 1.83. The smallest absolute Gasteiger partial charge is 0.310 e. The molecule has 5 nitrogen and oxygen atoms in total. The number of carbonyl (C=O) groups excluding carboxylic acids is 2. The molecule has 2 rings (SSSR count). The molecule has 0 aliphatic carbocycles. The summed E-state index contributed by atoms with van der Waals surface area (Å²) >= 11 is 0. The molecule has 5 heteroatoms. The van der Waals surface area contributed by atoms with E-state index in [1.54, 1.807) is 12.1 Å². The molecule has 0 atom stereocenters. The van der Waals surface area contributed by atoms with Crippen molar-refractivity contribution >= 4 is 11.9 Å². The van der Waals surface area contributed by atoms with Crippen LogP contribution in [-0.2, 0) is 32.1 Å². The van der Waals surface area contributed by atoms with Gasteiger partial charge in [0.2, 0.25) is 0 Å². The predicted octanol–water partition coefficient (Wildman–Crippen LogP) is 3.30. The Bertz CT molecular complexity index is 664. The highest BCUT2D eigenvalue weighted by molar-refractivity contribution is 5.72. The Morgan fingerprint density at radius 1 is 0.880 bits per heavy atom. The van der Waals surface area contributed by atoms with Crippen LogP contribution in [0, 0.1) is 0 Å². The van der Waals surface area contributed by atoms with Gasteiger partial charge in [0, 0.05) is 6.42 Å². The van der Waals surface area contributed by atoms with Crippen molar-refractivity contribution < 1.29 is 23.8 Å². The first kappa shape index (κ1) is 18.5. The minimum absolute atomic E-state index is 0.218. The molecule has 0 aliphatic heterocycles. The van der Waals surface area contributed by atoms with Crippen molar-refractivity contribution in [1.82, 2.24) is 0 Å². The summed E-state index contributed by atoms with van der Waals surface area (Å²) in [5.74, 6) is 0.190. The molecule has 132 valence electrons. The maximum absolute atomic E-state index is 11.9. The Labute approximate surface area is 147 Å². The number of carbonyl (C=O) groups is 2. The molecule has 0 amide bonds. The zero-order valence-electron chi connectivity index (χ0n) is 14.3. The average molecular weight is 342 g/mol. The van der Waals surface area contributed by atoms with E-state index in [9.17, 15) is 9.59 Å². The maximum Gasteiger partial charge on any atom is 0.310 e. The summed E-state index contributed by atoms with van der Waals surface area (Å²) in [4.78, 5) is 22.9. The highest BCUT2D eigenvalue weighted by Crippen LogP contribution is 2.14. The lowest BCUT2D eigenvalue weighted by molar-refractivity contribution is -0.144. The highest BCUT2D eigenvalue weighted by Gasteiger charge is 2.06. The molecule has 0 bridgehead atoms. The highest BCUT2D eigenvalue weighted by atomic mass is 16.5. The van der Waals surface area contributed by atoms with Gasteiger partial charge in [-0.15, -0.1) is 0 Å². The lowest BCUT2D eigenvalue weighted by Crippen LogP contribution is -2.08. The summed E-state index contributed by atoms with van der Waals surface area (Å²) in [6.45, 7) is 0.717. The second-order valence-corrected chi connectivity index (χ2v) is 5.50. The Balaban J connectivity index is 1.70. The molecular formula is C20H22O5. The first-order valence-corrected chi connectivity index (χ1v) is 8.15. The quantitative estimate of drug-likeness (QED) is 0.517. The summed E-state index contributed by atoms with van der Waals surface area (Å²) < 4.78 is 15.4. The Morgan fingerprint density at radius 2 is 1.60 bits per heavy atom. The first-order valence-electron chi connectivity index (χ1n) is 8.15. The van der Waals surface area contributed by atoms with Crippen molar-refractivity contribution in [2.24, 2.45) is 0 Å². The van der Waals surface area contributed by atoms with Crippen LogP contribution in [0.3, 0.4) is 0 Å². The molecule has 0 saturated heterocycles. The van der Waals surface area contributed by atoms with Gasteiger partial charge >= 0.3 is 11.9 Å². The van der Waals surface area contributed by atoms with Gasteiger partial charge in [-0.05, 0) is 29.7 Å². The van der Waals surface area contributed by atoms with Crippen molar-refractivity contribution in [1.29, 1.82) is 0 Å². The normalized spacial score (nSPS) is 10.1. The zero-order chi connectivity index (χ0) is 17.9. The van der Waals surface area contributed by atoms with Gasteiger partial charge in [-0.1, -0.05) is 42.5 Å². The summed E-state index contributed by atoms with van der Waals surface area (Å²) in [6.07, 6.45) is 1.15. The molecule has 2 aromatic carbocycles. The van der Waals surface area contributed by atoms with Gasteiger partial charge in [0.05, 0.1) is 20.1 Å². The number of methoxy groups -OCH3 is 1. The fraction of sp³-hybridized carbons (Fsp3) is 0.300. The fourth-order valence-corrected chi connectivity index (χ4v) is 2.17. The molecule has 0 N–H and O–H groups in total. The Hall–Kier alpha value is -2.82. The molecule has 0 heterocycles. The average Bonchev–Trinajstić information content (AvgIpc) is 2.65. The molecular weight excluding hydrogens is 320 g/mol. The molecule has 0 unspecified atom stereocenters. The molecule has 0 fully saturated rings. The number of benzene rings is 2. The number of hydrogen-bond acceptors (Lipinski definition) is 5. The van der Waals surface area contributed by atoms with Crippen molar-refractivity contribution in [3.05, 3.63) is 65.7 Å². The van der Waals surface area contributed by atoms with Gasteiger partial charge in [0.15, 0.2) is 0 Å². The third-order valence-electron chi connectivity index (χ3n) is 3.54. The van der Waals surface area contributed by atoms with Gasteiger partial charge in [0.1, 0.15) is 12.4 Å². The van der Waals surface area contributed by atoms with Gasteiger partial charge in [0.25, 0.3) is 0 Å². The van der Waals surface area contributed by atoms with Crippen molar-refractivity contribution in [2.75, 3.05) is 13.7 Å². The fourth-order valence-electron chi connectivity index (χ4n) is 2.17. The monoisotopic (exact) mass is 342 g/mol. The topological polar surface area (TPSA) is 61.8 Å². The van der Waals surface area contributed by atoms with E-state index in [1.165, 1.54) is 7.11 Å². The minimum atomic E-state index is -0.268. The van der Waals surface area contributed by atoms with Crippen molar-refractivity contribution in [3.8, 4) is 5.75 Å². The summed E-state index contributed by atoms with van der Waals surface area (Å²) in [5, 5.41) is 0. The van der Waals surface area contributed by atoms with Crippen LogP contribution in [-0.4, -0.2) is 25.7 Å². The first-order chi connectivity index (χ1) is 12.2. The predicted molar refractivity (Wildman–Crippen MR) is 93.1 cm³/mol. The van der Waals surface area contributed by atoms with Crippen LogP contribution in [0.2, 0.25) is 0 Å². The van der Waals surface area contributed by atoms with E-state index >= 15 is 0 Å². The van der Waals surface area contributed by atoms with Crippen LogP contribution >= 0.6 is 0 Å². The molecule has 0 spiro atoms. The minimum Gasteiger partial charge on any atom is -0.494 e. The Kier molecular flexibility index (Phi) is 7.50. The second-order valence-electron chi connectivity index (χ2n) is 5.50. The van der Waals surface area contributed by atoms with Crippen LogP contribution < -0.4 is 4.74 Å². The maximum atomic E-state index is 11.9. The van der Waals surface area contributed by atoms with Crippen LogP contribution in [0.1, 0.15) is 24.0 Å². The lowest BCUT2D eigenvalue weighted by Gasteiger charge is -2.07. The van der Waals surface area contributed by atoms with E-state index in [2.05, 4.69) is 4.74 Å². The molecule has 0 radical (unpaired) electrons. The van der Waals surface area contributed by atoms with Crippen molar-refractivity contribution in [3.63, 3.8) is 0 Å². The van der Waals surface area contributed by atoms with E-state index < -0.39 is 0 Å². The van der Waals surface area contributed by atoms with Crippen molar-refractivity contribution in [2.45, 2.75) is 25.9 Å². The van der Waals surface area contributed by atoms with Crippen LogP contribution in [0.4, 0.5) is 0 Å². The molecule has 0 aromatic heterocycles. The zero-order valence-corrected chi connectivity index (χ0v) is 14.3. The van der Waals surface area contributed by atoms with E-state index in [-0.39, 0.29) is 25.0 Å². The lowest BCUT2D eigenvalue weighted by atomic mass is 10.1. The van der Waals surface area contributed by atoms with Crippen LogP contribution in [0.25, 0.3) is 0 Å². The van der Waals surface area contributed by atoms with Gasteiger partial charge in [-0.25, -0.2) is 0 Å². The number of esters is 2. The molecule has 0 aliphatic rings. The number of ether oxygens (including phenoxy) is 3. The van der Waals surface area contributed by atoms with Crippen LogP contribution in [0.15, 0.2) is 54.6 Å². The van der Waals surface area contributed by atoms with E-state index in [1.807, 2.05) is 42.5 Å². The van der Waals surface area contributed by atoms with Gasteiger partial charge < -0.3 is 14.2 Å². The third-order valence-corrected chi connectivity index (χ3v) is 3.54. The number of rotatable bonds is 9. The second kappa shape index (κ2) is 10.1. The standard InChI is InChI=1S/C20H22O5/c1-23-19(21)8-5-13-24-18-11-9-16(10-12-18)14-20(22)25-15-17-6-3-2-4-7-17/h2-4,6-7,9-12H,5,8,13-15H2,1H3. The summed E-state index contributed by atoms with van der Waals surface area (Å²) in [7, 11) is 1.37. The van der Waals surface area contributed by atoms with E-state index in [0.717, 1.165) is 11.1 Å². The largest absolute Gasteiger partial charge is 0.494 e. The van der Waals surface area contributed by atoms with Gasteiger partial charge in [-0.2, -0.15) is 0 Å². The number of hydrogen-bond donors (Lipinski definition) is 0. The molecule has 2 aromatic rings. The molecule has 0 saturated carbocycles. The van der Waals surface area contributed by atoms with E-state index in [0.29, 0.717) is 25.2 Å². The third kappa shape index (κ3) is 7.08. The van der Waals surface area contributed by atoms with Crippen LogP contribution in [0.5, 0.6) is 5.75 Å². The van der Waals surface area contributed by atoms with Gasteiger partial charge in [-0.3, -0.25) is 9.59 Å². The summed E-state index contributed by atoms with van der Waals surface area (Å²) in [6, 6.07) is 16.8. The molecule has 25 heavy (non-hydrogen) atoms. The van der Waals surface area contributed by atoms with E-state index in [4.69, 9.17) is 9.47 Å². The Morgan fingerprint density at radius 3 is 2.28 bits per heavy atom. The SMILES string of the molecule is COC(=O)CCCOc1ccc(CC(=O)OCc2ccccc2)cc1.